The number of sulfonamides is 1. The first kappa shape index (κ1) is 18.5. The molecular weight excluding hydrogens is 342 g/mol. The molecule has 2 rings (SSSR count). The second-order valence-electron chi connectivity index (χ2n) is 5.59. The first-order valence-electron chi connectivity index (χ1n) is 7.41. The van der Waals surface area contributed by atoms with Crippen LogP contribution in [-0.4, -0.2) is 39.2 Å². The van der Waals surface area contributed by atoms with Gasteiger partial charge in [-0.15, -0.1) is 0 Å². The van der Waals surface area contributed by atoms with Crippen LogP contribution in [0, 0.1) is 0 Å². The smallest absolute Gasteiger partial charge is 0.261 e. The van der Waals surface area contributed by atoms with Crippen LogP contribution in [0.5, 0.6) is 0 Å². The summed E-state index contributed by atoms with van der Waals surface area (Å²) in [5.74, 6) is -0.457. The fourth-order valence-electron chi connectivity index (χ4n) is 2.11. The fourth-order valence-corrected chi connectivity index (χ4v) is 3.16. The molecular formula is C17H19N3O4S. The minimum absolute atomic E-state index is 0.0349. The number of hydrogen-bond donors (Lipinski definition) is 2. The normalized spacial score (nSPS) is 10.8. The molecule has 0 spiro atoms. The lowest BCUT2D eigenvalue weighted by molar-refractivity contribution is -0.114. The van der Waals surface area contributed by atoms with Crippen molar-refractivity contribution in [1.29, 1.82) is 0 Å². The summed E-state index contributed by atoms with van der Waals surface area (Å²) in [7, 11) is -0.566. The van der Waals surface area contributed by atoms with E-state index in [1.54, 1.807) is 32.3 Å². The maximum absolute atomic E-state index is 12.5. The molecule has 0 atom stereocenters. The lowest BCUT2D eigenvalue weighted by Gasteiger charge is -2.12. The molecule has 2 aromatic carbocycles. The van der Waals surface area contributed by atoms with E-state index in [4.69, 9.17) is 0 Å². The van der Waals surface area contributed by atoms with Crippen molar-refractivity contribution in [1.82, 2.24) is 4.90 Å². The molecule has 0 unspecified atom stereocenters. The van der Waals surface area contributed by atoms with Crippen molar-refractivity contribution >= 4 is 33.2 Å². The van der Waals surface area contributed by atoms with E-state index in [0.717, 1.165) is 0 Å². The Labute approximate surface area is 146 Å². The quantitative estimate of drug-likeness (QED) is 0.853. The first-order chi connectivity index (χ1) is 11.7. The highest BCUT2D eigenvalue weighted by atomic mass is 32.2. The van der Waals surface area contributed by atoms with Crippen molar-refractivity contribution in [2.45, 2.75) is 11.8 Å². The summed E-state index contributed by atoms with van der Waals surface area (Å²) in [4.78, 5) is 24.4. The molecule has 25 heavy (non-hydrogen) atoms. The summed E-state index contributed by atoms with van der Waals surface area (Å²) in [6.45, 7) is 1.37. The van der Waals surface area contributed by atoms with Crippen molar-refractivity contribution in [3.63, 3.8) is 0 Å². The molecule has 2 amide bonds. The molecule has 132 valence electrons. The molecule has 0 bridgehead atoms. The zero-order valence-corrected chi connectivity index (χ0v) is 14.9. The van der Waals surface area contributed by atoms with E-state index in [1.807, 2.05) is 0 Å². The summed E-state index contributed by atoms with van der Waals surface area (Å²) >= 11 is 0. The predicted octanol–water partition coefficient (Wildman–Crippen LogP) is 2.15. The average molecular weight is 361 g/mol. The number of nitrogens with zero attached hydrogens (tertiary/aromatic N) is 1. The van der Waals surface area contributed by atoms with Gasteiger partial charge in [0.25, 0.3) is 15.9 Å². The number of benzene rings is 2. The molecule has 0 aromatic heterocycles. The molecule has 0 heterocycles. The van der Waals surface area contributed by atoms with Crippen LogP contribution in [-0.2, 0) is 14.8 Å². The minimum atomic E-state index is -3.81. The van der Waals surface area contributed by atoms with Crippen LogP contribution in [0.4, 0.5) is 11.4 Å². The highest BCUT2D eigenvalue weighted by molar-refractivity contribution is 7.92. The lowest BCUT2D eigenvalue weighted by atomic mass is 10.2. The van der Waals surface area contributed by atoms with Gasteiger partial charge >= 0.3 is 0 Å². The molecule has 0 aliphatic heterocycles. The molecule has 0 radical (unpaired) electrons. The van der Waals surface area contributed by atoms with Crippen LogP contribution in [0.1, 0.15) is 17.3 Å². The molecule has 0 saturated carbocycles. The highest BCUT2D eigenvalue weighted by Crippen LogP contribution is 2.20. The Morgan fingerprint density at radius 2 is 1.56 bits per heavy atom. The van der Waals surface area contributed by atoms with E-state index >= 15 is 0 Å². The van der Waals surface area contributed by atoms with Gasteiger partial charge in [-0.25, -0.2) is 8.42 Å². The summed E-state index contributed by atoms with van der Waals surface area (Å²) in [5.41, 5.74) is 1.20. The molecule has 0 saturated heterocycles. The van der Waals surface area contributed by atoms with E-state index in [0.29, 0.717) is 16.9 Å². The lowest BCUT2D eigenvalue weighted by Crippen LogP contribution is -2.21. The van der Waals surface area contributed by atoms with Gasteiger partial charge in [-0.1, -0.05) is 6.07 Å². The van der Waals surface area contributed by atoms with Crippen LogP contribution in [0.3, 0.4) is 0 Å². The second-order valence-corrected chi connectivity index (χ2v) is 7.27. The number of nitrogens with one attached hydrogen (secondary N) is 2. The van der Waals surface area contributed by atoms with E-state index in [1.165, 1.54) is 42.2 Å². The van der Waals surface area contributed by atoms with Gasteiger partial charge in [0.2, 0.25) is 5.91 Å². The minimum Gasteiger partial charge on any atom is -0.345 e. The zero-order valence-electron chi connectivity index (χ0n) is 14.1. The summed E-state index contributed by atoms with van der Waals surface area (Å²) in [6, 6.07) is 12.0. The van der Waals surface area contributed by atoms with Gasteiger partial charge in [-0.05, 0) is 42.5 Å². The van der Waals surface area contributed by atoms with Gasteiger partial charge in [0.05, 0.1) is 10.6 Å². The van der Waals surface area contributed by atoms with Gasteiger partial charge in [0, 0.05) is 32.3 Å². The van der Waals surface area contributed by atoms with Crippen molar-refractivity contribution in [3.8, 4) is 0 Å². The van der Waals surface area contributed by atoms with Gasteiger partial charge in [0.15, 0.2) is 0 Å². The number of rotatable bonds is 5. The van der Waals surface area contributed by atoms with Gasteiger partial charge < -0.3 is 10.2 Å². The Hall–Kier alpha value is -2.87. The number of amides is 2. The van der Waals surface area contributed by atoms with Crippen LogP contribution in [0.2, 0.25) is 0 Å². The molecule has 8 heteroatoms. The molecule has 0 aliphatic carbocycles. The third kappa shape index (κ3) is 4.80. The largest absolute Gasteiger partial charge is 0.345 e. The predicted molar refractivity (Wildman–Crippen MR) is 96.0 cm³/mol. The molecule has 2 aromatic rings. The molecule has 7 nitrogen and oxygen atoms in total. The Morgan fingerprint density at radius 3 is 2.12 bits per heavy atom. The summed E-state index contributed by atoms with van der Waals surface area (Å²) < 4.78 is 27.4. The van der Waals surface area contributed by atoms with E-state index < -0.39 is 10.0 Å². The number of hydrogen-bond acceptors (Lipinski definition) is 4. The Kier molecular flexibility index (Phi) is 5.43. The fraction of sp³-hybridized carbons (Fsp3) is 0.176. The third-order valence-corrected chi connectivity index (χ3v) is 4.65. The van der Waals surface area contributed by atoms with Crippen molar-refractivity contribution in [2.75, 3.05) is 24.1 Å². The van der Waals surface area contributed by atoms with Gasteiger partial charge in [0.1, 0.15) is 0 Å². The number of carbonyl (C=O) groups excluding carboxylic acids is 2. The Balaban J connectivity index is 2.22. The van der Waals surface area contributed by atoms with Crippen molar-refractivity contribution in [2.24, 2.45) is 0 Å². The molecule has 0 fully saturated rings. The van der Waals surface area contributed by atoms with Crippen LogP contribution < -0.4 is 10.0 Å². The Bertz CT molecular complexity index is 890. The molecule has 2 N–H and O–H groups in total. The van der Waals surface area contributed by atoms with E-state index in [2.05, 4.69) is 10.0 Å². The summed E-state index contributed by atoms with van der Waals surface area (Å²) in [5, 5.41) is 2.59. The van der Waals surface area contributed by atoms with E-state index in [-0.39, 0.29) is 16.7 Å². The van der Waals surface area contributed by atoms with Crippen molar-refractivity contribution < 1.29 is 18.0 Å². The van der Waals surface area contributed by atoms with Gasteiger partial charge in [-0.3, -0.25) is 14.3 Å². The summed E-state index contributed by atoms with van der Waals surface area (Å²) in [6.07, 6.45) is 0. The third-order valence-electron chi connectivity index (χ3n) is 3.25. The first-order valence-corrected chi connectivity index (χ1v) is 8.89. The van der Waals surface area contributed by atoms with E-state index in [9.17, 15) is 18.0 Å². The standard InChI is InChI=1S/C17H19N3O4S/c1-12(21)18-14-5-4-6-15(11-14)19-25(23,24)16-9-7-13(8-10-16)17(22)20(2)3/h4-11,19H,1-3H3,(H,18,21). The highest BCUT2D eigenvalue weighted by Gasteiger charge is 2.16. The average Bonchev–Trinajstić information content (AvgIpc) is 2.53. The monoisotopic (exact) mass is 361 g/mol. The Morgan fingerprint density at radius 1 is 0.960 bits per heavy atom. The van der Waals surface area contributed by atoms with Gasteiger partial charge in [-0.2, -0.15) is 0 Å². The van der Waals surface area contributed by atoms with Crippen LogP contribution in [0.15, 0.2) is 53.4 Å². The maximum atomic E-state index is 12.5. The zero-order chi connectivity index (χ0) is 18.6. The number of carbonyl (C=O) groups is 2. The van der Waals surface area contributed by atoms with Crippen molar-refractivity contribution in [3.05, 3.63) is 54.1 Å². The SMILES string of the molecule is CC(=O)Nc1cccc(NS(=O)(=O)c2ccc(C(=O)N(C)C)cc2)c1. The number of anilines is 2. The molecule has 0 aliphatic rings. The second kappa shape index (κ2) is 7.35. The van der Waals surface area contributed by atoms with Crippen LogP contribution >= 0.6 is 0 Å². The maximum Gasteiger partial charge on any atom is 0.261 e. The van der Waals surface area contributed by atoms with Crippen LogP contribution in [0.25, 0.3) is 0 Å². The topological polar surface area (TPSA) is 95.6 Å².